The molecular weight excluding hydrogens is 246 g/mol. The molecule has 2 nitrogen and oxygen atoms in total. The van der Waals surface area contributed by atoms with Crippen molar-refractivity contribution in [2.75, 3.05) is 6.61 Å². The van der Waals surface area contributed by atoms with Crippen LogP contribution >= 0.6 is 0 Å². The Kier molecular flexibility index (Phi) is 4.80. The van der Waals surface area contributed by atoms with Gasteiger partial charge >= 0.3 is 0 Å². The minimum absolute atomic E-state index is 0.0270. The van der Waals surface area contributed by atoms with E-state index >= 15 is 0 Å². The number of rotatable bonds is 5. The summed E-state index contributed by atoms with van der Waals surface area (Å²) in [6, 6.07) is 14.5. The van der Waals surface area contributed by atoms with Crippen molar-refractivity contribution in [3.63, 3.8) is 0 Å². The molecule has 0 spiro atoms. The molecule has 0 fully saturated rings. The van der Waals surface area contributed by atoms with E-state index in [1.54, 1.807) is 0 Å². The van der Waals surface area contributed by atoms with Crippen LogP contribution < -0.4 is 10.5 Å². The molecule has 2 heteroatoms. The number of hydrogen-bond donors (Lipinski definition) is 1. The van der Waals surface area contributed by atoms with Gasteiger partial charge in [-0.2, -0.15) is 0 Å². The summed E-state index contributed by atoms with van der Waals surface area (Å²) in [4.78, 5) is 0. The zero-order valence-electron chi connectivity index (χ0n) is 12.5. The lowest BCUT2D eigenvalue weighted by atomic mass is 10.00. The summed E-state index contributed by atoms with van der Waals surface area (Å²) in [7, 11) is 0. The van der Waals surface area contributed by atoms with Crippen molar-refractivity contribution in [1.82, 2.24) is 0 Å². The van der Waals surface area contributed by atoms with E-state index in [9.17, 15) is 0 Å². The molecule has 106 valence electrons. The van der Waals surface area contributed by atoms with Gasteiger partial charge in [-0.15, -0.1) is 0 Å². The number of ether oxygens (including phenoxy) is 1. The second-order valence-electron chi connectivity index (χ2n) is 5.40. The largest absolute Gasteiger partial charge is 0.494 e. The predicted molar refractivity (Wildman–Crippen MR) is 84.1 cm³/mol. The highest BCUT2D eigenvalue weighted by molar-refractivity contribution is 5.31. The first-order valence-corrected chi connectivity index (χ1v) is 7.08. The van der Waals surface area contributed by atoms with Crippen LogP contribution in [0.1, 0.15) is 34.7 Å². The number of benzene rings is 2. The lowest BCUT2D eigenvalue weighted by Crippen LogP contribution is -2.14. The topological polar surface area (TPSA) is 35.2 Å². The normalized spacial score (nSPS) is 12.2. The smallest absolute Gasteiger partial charge is 0.119 e. The van der Waals surface area contributed by atoms with Crippen molar-refractivity contribution < 1.29 is 4.74 Å². The molecule has 0 aliphatic heterocycles. The highest BCUT2D eigenvalue weighted by atomic mass is 16.5. The van der Waals surface area contributed by atoms with E-state index in [2.05, 4.69) is 45.0 Å². The summed E-state index contributed by atoms with van der Waals surface area (Å²) in [6.07, 6.45) is 0.816. The SMILES string of the molecule is Cc1cccc(OCCC(N)c2ccc(C)c(C)c2)c1. The zero-order chi connectivity index (χ0) is 14.5. The highest BCUT2D eigenvalue weighted by Gasteiger charge is 2.07. The molecule has 2 rings (SSSR count). The molecule has 20 heavy (non-hydrogen) atoms. The first-order valence-electron chi connectivity index (χ1n) is 7.08. The fourth-order valence-electron chi connectivity index (χ4n) is 2.17. The molecule has 0 radical (unpaired) electrons. The van der Waals surface area contributed by atoms with Crippen LogP contribution in [0.2, 0.25) is 0 Å². The van der Waals surface area contributed by atoms with Gasteiger partial charge in [-0.1, -0.05) is 30.3 Å². The zero-order valence-corrected chi connectivity index (χ0v) is 12.5. The molecule has 0 bridgehead atoms. The molecule has 0 saturated heterocycles. The summed E-state index contributed by atoms with van der Waals surface area (Å²) in [6.45, 7) is 6.94. The first kappa shape index (κ1) is 14.6. The maximum absolute atomic E-state index is 6.23. The van der Waals surface area contributed by atoms with Gasteiger partial charge in [-0.3, -0.25) is 0 Å². The molecule has 0 aliphatic carbocycles. The van der Waals surface area contributed by atoms with E-state index in [1.807, 2.05) is 18.2 Å². The van der Waals surface area contributed by atoms with Crippen molar-refractivity contribution in [2.45, 2.75) is 33.2 Å². The third-order valence-electron chi connectivity index (χ3n) is 3.65. The van der Waals surface area contributed by atoms with E-state index in [0.717, 1.165) is 12.2 Å². The maximum Gasteiger partial charge on any atom is 0.119 e. The minimum atomic E-state index is 0.0270. The van der Waals surface area contributed by atoms with Gasteiger partial charge < -0.3 is 10.5 Å². The van der Waals surface area contributed by atoms with Crippen molar-refractivity contribution in [1.29, 1.82) is 0 Å². The van der Waals surface area contributed by atoms with E-state index in [-0.39, 0.29) is 6.04 Å². The summed E-state index contributed by atoms with van der Waals surface area (Å²) >= 11 is 0. The minimum Gasteiger partial charge on any atom is -0.494 e. The number of aryl methyl sites for hydroxylation is 3. The van der Waals surface area contributed by atoms with Crippen LogP contribution in [-0.4, -0.2) is 6.61 Å². The van der Waals surface area contributed by atoms with Crippen molar-refractivity contribution in [3.05, 3.63) is 64.7 Å². The van der Waals surface area contributed by atoms with Crippen LogP contribution in [-0.2, 0) is 0 Å². The molecule has 0 amide bonds. The molecule has 2 aromatic carbocycles. The van der Waals surface area contributed by atoms with Crippen molar-refractivity contribution in [2.24, 2.45) is 5.73 Å². The molecule has 2 aromatic rings. The molecule has 0 heterocycles. The maximum atomic E-state index is 6.23. The molecule has 1 atom stereocenters. The first-order chi connectivity index (χ1) is 9.56. The van der Waals surface area contributed by atoms with Crippen molar-refractivity contribution in [3.8, 4) is 5.75 Å². The quantitative estimate of drug-likeness (QED) is 0.887. The lowest BCUT2D eigenvalue weighted by Gasteiger charge is -2.14. The molecule has 0 saturated carbocycles. The summed E-state index contributed by atoms with van der Waals surface area (Å²) in [5, 5.41) is 0. The van der Waals surface area contributed by atoms with E-state index in [4.69, 9.17) is 10.5 Å². The van der Waals surface area contributed by atoms with Gasteiger partial charge in [0.25, 0.3) is 0 Å². The second-order valence-corrected chi connectivity index (χ2v) is 5.40. The molecular formula is C18H23NO. The van der Waals surface area contributed by atoms with Crippen molar-refractivity contribution >= 4 is 0 Å². The molecule has 1 unspecified atom stereocenters. The van der Waals surface area contributed by atoms with Gasteiger partial charge in [0.2, 0.25) is 0 Å². The van der Waals surface area contributed by atoms with E-state index in [0.29, 0.717) is 6.61 Å². The fraction of sp³-hybridized carbons (Fsp3) is 0.333. The Bertz CT molecular complexity index is 577. The number of nitrogens with two attached hydrogens (primary N) is 1. The Labute approximate surface area is 121 Å². The second kappa shape index (κ2) is 6.58. The van der Waals surface area contributed by atoms with Crippen LogP contribution in [0.3, 0.4) is 0 Å². The van der Waals surface area contributed by atoms with Gasteiger partial charge in [0.1, 0.15) is 5.75 Å². The average Bonchev–Trinajstić information content (AvgIpc) is 2.42. The van der Waals surface area contributed by atoms with Crippen LogP contribution in [0.4, 0.5) is 0 Å². The Morgan fingerprint density at radius 3 is 2.50 bits per heavy atom. The average molecular weight is 269 g/mol. The van der Waals surface area contributed by atoms with Gasteiger partial charge in [0.05, 0.1) is 6.61 Å². The Balaban J connectivity index is 1.88. The summed E-state index contributed by atoms with van der Waals surface area (Å²) in [5.41, 5.74) is 11.2. The third kappa shape index (κ3) is 3.84. The molecule has 0 aromatic heterocycles. The summed E-state index contributed by atoms with van der Waals surface area (Å²) < 4.78 is 5.75. The van der Waals surface area contributed by atoms with Crippen LogP contribution in [0, 0.1) is 20.8 Å². The third-order valence-corrected chi connectivity index (χ3v) is 3.65. The number of hydrogen-bond acceptors (Lipinski definition) is 2. The van der Waals surface area contributed by atoms with Gasteiger partial charge in [0, 0.05) is 12.5 Å². The van der Waals surface area contributed by atoms with Gasteiger partial charge in [-0.25, -0.2) is 0 Å². The van der Waals surface area contributed by atoms with E-state index < -0.39 is 0 Å². The monoisotopic (exact) mass is 269 g/mol. The van der Waals surface area contributed by atoms with Crippen LogP contribution in [0.25, 0.3) is 0 Å². The Morgan fingerprint density at radius 2 is 1.80 bits per heavy atom. The molecule has 0 aliphatic rings. The van der Waals surface area contributed by atoms with Crippen LogP contribution in [0.15, 0.2) is 42.5 Å². The Morgan fingerprint density at radius 1 is 1.00 bits per heavy atom. The Hall–Kier alpha value is -1.80. The predicted octanol–water partition coefficient (Wildman–Crippen LogP) is 4.08. The lowest BCUT2D eigenvalue weighted by molar-refractivity contribution is 0.298. The fourth-order valence-corrected chi connectivity index (χ4v) is 2.17. The van der Waals surface area contributed by atoms with Gasteiger partial charge in [-0.05, 0) is 55.2 Å². The molecule has 2 N–H and O–H groups in total. The van der Waals surface area contributed by atoms with Crippen LogP contribution in [0.5, 0.6) is 5.75 Å². The standard InChI is InChI=1S/C18H23NO/c1-13-5-4-6-17(11-13)20-10-9-18(19)16-8-7-14(2)15(3)12-16/h4-8,11-12,18H,9-10,19H2,1-3H3. The summed E-state index contributed by atoms with van der Waals surface area (Å²) in [5.74, 6) is 0.914. The van der Waals surface area contributed by atoms with Gasteiger partial charge in [0.15, 0.2) is 0 Å². The highest BCUT2D eigenvalue weighted by Crippen LogP contribution is 2.19. The van der Waals surface area contributed by atoms with E-state index in [1.165, 1.54) is 22.3 Å².